The second-order valence-corrected chi connectivity index (χ2v) is 41.4. The van der Waals surface area contributed by atoms with E-state index in [4.69, 9.17) is 25.5 Å². The molecule has 11 fully saturated rings. The number of β-amino-alcohol motifs (C(OH)–C–C–N with tert-alkyl or cyclic N) is 4. The molecule has 0 radical (unpaired) electrons. The molecule has 52 heteroatoms. The van der Waals surface area contributed by atoms with Gasteiger partial charge in [-0.15, -0.1) is 0 Å². The number of aliphatic hydroxyl groups is 8. The molecule has 0 aromatic rings. The van der Waals surface area contributed by atoms with Crippen LogP contribution in [0.25, 0.3) is 0 Å². The highest BCUT2D eigenvalue weighted by atomic mass is 16.3. The standard InChI is InChI=1S/C18H30N4O5.C17H28N4O5.C12H18N4O5.C12H22N2O3.C11H20N2O3.C10H18N2O3.C9H16N2O3.C8H14N2O3/c1-8-11(2)21-13(24)17(4,5)19(15(21)26)10-20-16(27)22(12(3)9-23)14(25)18(20,6)7;1-6-7-18-12(23)16(2,3)20(14(18)25)8-9-21-15(26)19(10-11-22)13(24)17(21,4)5;1-2-3-15-9(18)6-13(11(15)20)8-14-7-10(19)16(4-5-17)12(14)21;1-6-8(2)13-10(16)12(4,5)14(11(13)17)9(3)7-15;1-4-6-12-9(15)11(3,5-2)13(7-8-14)10(12)16;1-6(2)11-8(14)10(4,5)12(7(3)13)9(11)15;1-4-9(3)7(13)10(5-2)8(14)11(9)6-12;1-2-3-10-7(12)6-9(4-5-11)8(10)13/h11-12,23H,8-10H2,1-7H3;22H,6-11H2,1-5H3;17H,2-8H2,1H3;8-9,15H,6-7H2,1-5H3;14H,4-8H2,1-3H3;6-7,13H,1-5H3;12H,4-6H2,1-3H3;11H,2-6H2,1H3. The predicted octanol–water partition coefficient (Wildman–Crippen LogP) is 3.41. The summed E-state index contributed by atoms with van der Waals surface area (Å²) >= 11 is 0. The number of urea groups is 11. The number of imide groups is 11. The number of carbonyl (C=O) groups excluding carboxylic acids is 22. The van der Waals surface area contributed by atoms with Crippen LogP contribution in [0.1, 0.15) is 259 Å². The zero-order valence-electron chi connectivity index (χ0n) is 92.8. The molecule has 33 amide bonds. The number of rotatable bonds is 37. The summed E-state index contributed by atoms with van der Waals surface area (Å²) in [7, 11) is 0. The van der Waals surface area contributed by atoms with Crippen molar-refractivity contribution < 1.29 is 146 Å². The van der Waals surface area contributed by atoms with Crippen molar-refractivity contribution in [2.75, 3.05) is 151 Å². The lowest BCUT2D eigenvalue weighted by molar-refractivity contribution is -0.135. The van der Waals surface area contributed by atoms with Crippen LogP contribution in [-0.2, 0) is 52.7 Å². The Labute approximate surface area is 872 Å². The molecule has 11 saturated heterocycles. The molecule has 0 aromatic carbocycles. The summed E-state index contributed by atoms with van der Waals surface area (Å²) in [5.74, 6) is -3.09. The van der Waals surface area contributed by atoms with Crippen LogP contribution in [0, 0.1) is 0 Å². The molecule has 11 aliphatic rings. The van der Waals surface area contributed by atoms with Gasteiger partial charge < -0.3 is 65.4 Å². The maximum Gasteiger partial charge on any atom is 0.329 e. The van der Waals surface area contributed by atoms with Crippen molar-refractivity contribution in [2.24, 2.45) is 0 Å². The molecule has 844 valence electrons. The van der Waals surface area contributed by atoms with Crippen molar-refractivity contribution in [3.8, 4) is 0 Å². The lowest BCUT2D eigenvalue weighted by Gasteiger charge is -2.36. The molecule has 0 spiro atoms. The zero-order chi connectivity index (χ0) is 115. The molecule has 52 nitrogen and oxygen atoms in total. The smallest absolute Gasteiger partial charge is 0.329 e. The van der Waals surface area contributed by atoms with Crippen LogP contribution >= 0.6 is 0 Å². The topological polar surface area (TPSA) is 609 Å². The summed E-state index contributed by atoms with van der Waals surface area (Å²) < 4.78 is 0. The maximum absolute atomic E-state index is 12.9. The molecular weight excluding hydrogens is 1950 g/mol. The van der Waals surface area contributed by atoms with Crippen LogP contribution in [-0.4, -0.2) is 512 Å². The highest BCUT2D eigenvalue weighted by Crippen LogP contribution is 2.40. The second-order valence-electron chi connectivity index (χ2n) is 41.4. The van der Waals surface area contributed by atoms with Gasteiger partial charge in [0.15, 0.2) is 0 Å². The maximum atomic E-state index is 12.9. The molecule has 8 N–H and O–H groups in total. The van der Waals surface area contributed by atoms with Gasteiger partial charge >= 0.3 is 66.3 Å². The molecule has 11 heterocycles. The number of carbonyl (C=O) groups is 22. The number of likely N-dealkylation sites (N-methyl/N-ethyl adjacent to an activating group) is 1. The van der Waals surface area contributed by atoms with Gasteiger partial charge in [0, 0.05) is 77.0 Å². The van der Waals surface area contributed by atoms with Crippen LogP contribution in [0.2, 0.25) is 0 Å². The Balaban J connectivity index is 0.000000359. The van der Waals surface area contributed by atoms with Crippen molar-refractivity contribution >= 4 is 131 Å². The van der Waals surface area contributed by atoms with E-state index in [2.05, 4.69) is 0 Å². The Kier molecular flexibility index (Phi) is 45.7. The third kappa shape index (κ3) is 25.9. The Bertz CT molecular complexity index is 4760. The van der Waals surface area contributed by atoms with E-state index in [-0.39, 0.29) is 213 Å². The van der Waals surface area contributed by atoms with Crippen molar-refractivity contribution in [1.82, 2.24) is 108 Å². The highest BCUT2D eigenvalue weighted by molar-refractivity contribution is 6.13. The van der Waals surface area contributed by atoms with Gasteiger partial charge in [0.05, 0.1) is 64.8 Å². The van der Waals surface area contributed by atoms with E-state index in [1.165, 1.54) is 95.1 Å². The van der Waals surface area contributed by atoms with Crippen molar-refractivity contribution in [1.29, 1.82) is 0 Å². The fraction of sp³-hybridized carbons (Fsp3) is 0.773. The monoisotopic (exact) mass is 2120 g/mol. The van der Waals surface area contributed by atoms with Gasteiger partial charge in [0.2, 0.25) is 17.7 Å². The van der Waals surface area contributed by atoms with Crippen LogP contribution in [0.4, 0.5) is 52.7 Å². The Morgan fingerprint density at radius 2 is 0.550 bits per heavy atom. The van der Waals surface area contributed by atoms with E-state index in [0.717, 1.165) is 38.9 Å². The van der Waals surface area contributed by atoms with Gasteiger partial charge in [-0.25, -0.2) is 52.7 Å². The quantitative estimate of drug-likeness (QED) is 0.0413. The number of nitrogens with zero attached hydrogens (tertiary/aromatic N) is 22. The summed E-state index contributed by atoms with van der Waals surface area (Å²) in [5, 5.41) is 72.6. The van der Waals surface area contributed by atoms with Crippen molar-refractivity contribution in [3.05, 3.63) is 0 Å². The van der Waals surface area contributed by atoms with Gasteiger partial charge in [-0.3, -0.25) is 136 Å². The Morgan fingerprint density at radius 3 is 0.886 bits per heavy atom. The Morgan fingerprint density at radius 1 is 0.255 bits per heavy atom. The first-order chi connectivity index (χ1) is 69.1. The van der Waals surface area contributed by atoms with E-state index in [1.807, 2.05) is 62.3 Å². The van der Waals surface area contributed by atoms with Gasteiger partial charge in [-0.1, -0.05) is 55.4 Å². The number of amides is 33. The lowest BCUT2D eigenvalue weighted by Crippen LogP contribution is -2.55. The summed E-state index contributed by atoms with van der Waals surface area (Å²) in [6.07, 6.45) is 4.33. The third-order valence-corrected chi connectivity index (χ3v) is 28.4. The Hall–Kier alpha value is -12.0. The minimum Gasteiger partial charge on any atom is -0.395 e. The second kappa shape index (κ2) is 52.7. The lowest BCUT2D eigenvalue weighted by atomic mass is 9.97. The largest absolute Gasteiger partial charge is 0.395 e. The van der Waals surface area contributed by atoms with E-state index < -0.39 is 117 Å². The molecule has 0 aliphatic carbocycles. The van der Waals surface area contributed by atoms with Gasteiger partial charge in [0.25, 0.3) is 47.3 Å². The fourth-order valence-electron chi connectivity index (χ4n) is 18.5. The molecule has 0 bridgehead atoms. The van der Waals surface area contributed by atoms with E-state index in [1.54, 1.807) is 138 Å². The van der Waals surface area contributed by atoms with Crippen LogP contribution < -0.4 is 0 Å². The fourth-order valence-corrected chi connectivity index (χ4v) is 18.5. The summed E-state index contributed by atoms with van der Waals surface area (Å²) in [5.41, 5.74) is -7.87. The van der Waals surface area contributed by atoms with Crippen LogP contribution in [0.15, 0.2) is 0 Å². The van der Waals surface area contributed by atoms with Gasteiger partial charge in [0.1, 0.15) is 90.2 Å². The van der Waals surface area contributed by atoms with E-state index in [9.17, 15) is 121 Å². The molecule has 11 aliphatic heterocycles. The minimum absolute atomic E-state index is 0.0610. The van der Waals surface area contributed by atoms with Gasteiger partial charge in [-0.05, 0) is 204 Å². The zero-order valence-corrected chi connectivity index (χ0v) is 92.8. The third-order valence-electron chi connectivity index (χ3n) is 28.4. The van der Waals surface area contributed by atoms with Gasteiger partial charge in [-0.2, -0.15) is 0 Å². The van der Waals surface area contributed by atoms with E-state index in [0.29, 0.717) is 64.8 Å². The van der Waals surface area contributed by atoms with Crippen molar-refractivity contribution in [3.63, 3.8) is 0 Å². The van der Waals surface area contributed by atoms with Crippen LogP contribution in [0.5, 0.6) is 0 Å². The molecule has 149 heavy (non-hydrogen) atoms. The molecule has 7 atom stereocenters. The summed E-state index contributed by atoms with van der Waals surface area (Å²) in [6, 6.07) is -6.14. The first-order valence-corrected chi connectivity index (χ1v) is 51.0. The number of hydrogen-bond acceptors (Lipinski definition) is 30. The molecule has 7 unspecified atom stereocenters. The number of aliphatic hydroxyl groups excluding tert-OH is 8. The minimum atomic E-state index is -1.19. The number of hydrogen-bond donors (Lipinski definition) is 8. The van der Waals surface area contributed by atoms with Crippen LogP contribution in [0.3, 0.4) is 0 Å². The predicted molar refractivity (Wildman–Crippen MR) is 536 cm³/mol. The molecule has 0 saturated carbocycles. The average molecular weight is 2120 g/mol. The average Bonchev–Trinajstić information content (AvgIpc) is 1.58. The van der Waals surface area contributed by atoms with Crippen molar-refractivity contribution in [2.45, 2.75) is 340 Å². The molecular formula is C97H166N22O30. The normalized spacial score (nSPS) is 22.9. The SMILES string of the molecule is CC(C)N1C(=O)N(C(C)O)C(C)(C)C1=O.CCC(C)N1C(=O)N(C(C)CO)C(C)(C)C1=O.CCC(C)N1C(=O)N(CN2C(=O)N(C(C)CO)C(=O)C2(C)C)C(C)(C)C1=O.CCCN1C(=O)CN(CCO)C1=O.CCCN1C(=O)CN(CN2CC(=O)N(CCO)C2=O)C1=O.CCCN1C(=O)N(CCN2C(=O)N(CCO)C(=O)C2(C)C)C(C)(C)C1=O.CCCN1C(=O)N(CCO)C(C)(CC)C1=O.CCN1C(=O)N(CO)C(C)(CC)C1=O. The highest BCUT2D eigenvalue weighted by Gasteiger charge is 2.62. The van der Waals surface area contributed by atoms with E-state index >= 15 is 0 Å². The first-order valence-electron chi connectivity index (χ1n) is 51.0. The summed E-state index contributed by atoms with van der Waals surface area (Å²) in [6.45, 7) is 52.6. The first kappa shape index (κ1) is 129. The molecule has 0 aromatic heterocycles. The molecule has 11 rings (SSSR count). The summed E-state index contributed by atoms with van der Waals surface area (Å²) in [4.78, 5) is 295.